The first-order chi connectivity index (χ1) is 26.8. The second kappa shape index (κ2) is 26.2. The molecule has 2 fully saturated rings. The van der Waals surface area contributed by atoms with Gasteiger partial charge in [-0.15, -0.1) is 35.9 Å². The summed E-state index contributed by atoms with van der Waals surface area (Å²) in [5, 5.41) is 9.36. The van der Waals surface area contributed by atoms with E-state index in [2.05, 4.69) is 151 Å². The maximum absolute atomic E-state index is 9.19. The minimum absolute atomic E-state index is 0. The van der Waals surface area contributed by atoms with Gasteiger partial charge in [-0.3, -0.25) is 4.55 Å². The smallest absolute Gasteiger partial charge is 0.261 e. The molecule has 0 unspecified atom stereocenters. The first-order valence-electron chi connectivity index (χ1n) is 19.3. The van der Waals surface area contributed by atoms with Gasteiger partial charge >= 0.3 is 0 Å². The summed E-state index contributed by atoms with van der Waals surface area (Å²) in [5.41, 5.74) is 5.23. The van der Waals surface area contributed by atoms with E-state index in [1.54, 1.807) is 21.2 Å². The van der Waals surface area contributed by atoms with Gasteiger partial charge in [-0.05, 0) is 85.8 Å². The number of para-hydroxylation sites is 1. The van der Waals surface area contributed by atoms with Crippen LogP contribution >= 0.6 is 15.8 Å². The molecule has 2 aliphatic rings. The number of benzene rings is 6. The van der Waals surface area contributed by atoms with Crippen molar-refractivity contribution in [3.63, 3.8) is 0 Å². The first-order valence-corrected chi connectivity index (χ1v) is 23.9. The number of anilines is 1. The fourth-order valence-electron chi connectivity index (χ4n) is 7.32. The van der Waals surface area contributed by atoms with E-state index in [9.17, 15) is 8.42 Å². The van der Waals surface area contributed by atoms with Gasteiger partial charge in [0, 0.05) is 44.5 Å². The minimum Gasteiger partial charge on any atom is -0.395 e. The van der Waals surface area contributed by atoms with Crippen molar-refractivity contribution in [2.45, 2.75) is 62.7 Å². The number of rotatable bonds is 8. The quantitative estimate of drug-likeness (QED) is 0.0691. The predicted octanol–water partition coefficient (Wildman–Crippen LogP) is 10.8. The number of hydrogen-bond acceptors (Lipinski definition) is 3. The molecule has 2 saturated carbocycles. The average molecular weight is 949 g/mol. The Morgan fingerprint density at radius 2 is 0.860 bits per heavy atom. The Labute approximate surface area is 369 Å². The molecule has 9 heteroatoms. The van der Waals surface area contributed by atoms with Crippen molar-refractivity contribution < 1.29 is 50.5 Å². The van der Waals surface area contributed by atoms with E-state index < -0.39 is 10.1 Å². The van der Waals surface area contributed by atoms with Crippen LogP contribution < -0.4 is 26.5 Å². The fourth-order valence-corrected chi connectivity index (χ4v) is 13.3. The van der Waals surface area contributed by atoms with Crippen molar-refractivity contribution in [3.05, 3.63) is 176 Å². The molecule has 0 amide bonds. The Morgan fingerprint density at radius 1 is 0.544 bits per heavy atom. The van der Waals surface area contributed by atoms with Crippen LogP contribution in [0.15, 0.2) is 170 Å². The molecule has 57 heavy (non-hydrogen) atoms. The summed E-state index contributed by atoms with van der Waals surface area (Å²) in [7, 11) is -2.04. The summed E-state index contributed by atoms with van der Waals surface area (Å²) in [6, 6.07) is 63.9. The van der Waals surface area contributed by atoms with Crippen LogP contribution in [0.5, 0.6) is 0 Å². The van der Waals surface area contributed by atoms with Crippen molar-refractivity contribution in [3.8, 4) is 11.1 Å². The summed E-state index contributed by atoms with van der Waals surface area (Å²) < 4.78 is 25.9. The van der Waals surface area contributed by atoms with Crippen LogP contribution in [0, 0.1) is 6.07 Å². The molecule has 2 N–H and O–H groups in total. The van der Waals surface area contributed by atoms with Gasteiger partial charge in [0.1, 0.15) is 0 Å². The van der Waals surface area contributed by atoms with E-state index in [4.69, 9.17) is 4.55 Å². The Balaban J connectivity index is 0.000000214. The molecule has 0 spiro atoms. The van der Waals surface area contributed by atoms with Crippen molar-refractivity contribution in [1.29, 1.82) is 0 Å². The predicted molar refractivity (Wildman–Crippen MR) is 240 cm³/mol. The molecule has 304 valence electrons. The minimum atomic E-state index is -3.67. The molecule has 0 radical (unpaired) electrons. The van der Waals surface area contributed by atoms with Gasteiger partial charge in [-0.25, -0.2) is 0 Å². The summed E-state index contributed by atoms with van der Waals surface area (Å²) in [6.45, 7) is 0. The third kappa shape index (κ3) is 16.3. The van der Waals surface area contributed by atoms with E-state index >= 15 is 0 Å². The molecular weight excluding hydrogens is 895 g/mol. The Hall–Kier alpha value is -2.93. The monoisotopic (exact) mass is 948 g/mol. The molecule has 4 nitrogen and oxygen atoms in total. The first kappa shape index (κ1) is 48.4. The van der Waals surface area contributed by atoms with Crippen LogP contribution in [-0.2, 0) is 47.6 Å². The molecule has 0 saturated heterocycles. The topological polar surface area (TPSA) is 66.4 Å². The third-order valence-corrected chi connectivity index (χ3v) is 15.6. The van der Waals surface area contributed by atoms with E-state index in [1.807, 2.05) is 37.4 Å². The SMILES string of the molecule is CNc1ccccc1-c1[c-]cccc1.CS(=O)(=O)O.[Fe].[Pd].c1ccc(P(c2ccccc2)C2CCCC2)cc1.c1ccc(P(c2ccccc2)C2CCCC2)cc1. The maximum atomic E-state index is 9.19. The Kier molecular flexibility index (Phi) is 22.3. The van der Waals surface area contributed by atoms with E-state index in [0.29, 0.717) is 6.26 Å². The molecule has 0 aliphatic heterocycles. The molecule has 6 aromatic carbocycles. The van der Waals surface area contributed by atoms with Crippen LogP contribution in [0.4, 0.5) is 5.69 Å². The van der Waals surface area contributed by atoms with Gasteiger partial charge in [0.15, 0.2) is 0 Å². The van der Waals surface area contributed by atoms with Gasteiger partial charge in [0.2, 0.25) is 0 Å². The van der Waals surface area contributed by atoms with Crippen LogP contribution in [-0.4, -0.2) is 37.6 Å². The second-order valence-corrected chi connectivity index (χ2v) is 20.2. The van der Waals surface area contributed by atoms with Gasteiger partial charge in [-0.2, -0.15) is 8.42 Å². The van der Waals surface area contributed by atoms with Gasteiger partial charge < -0.3 is 5.32 Å². The molecule has 0 aromatic heterocycles. The number of hydrogen-bond donors (Lipinski definition) is 2. The molecular formula is C48H54FeNO3P2PdS-. The van der Waals surface area contributed by atoms with Gasteiger partial charge in [0.05, 0.1) is 6.26 Å². The van der Waals surface area contributed by atoms with Crippen LogP contribution in [0.3, 0.4) is 0 Å². The molecule has 8 rings (SSSR count). The van der Waals surface area contributed by atoms with Crippen LogP contribution in [0.25, 0.3) is 11.1 Å². The van der Waals surface area contributed by atoms with Crippen LogP contribution in [0.1, 0.15) is 51.4 Å². The van der Waals surface area contributed by atoms with Gasteiger partial charge in [-0.1, -0.05) is 171 Å². The Bertz CT molecular complexity index is 1870. The third-order valence-electron chi connectivity index (χ3n) is 9.71. The van der Waals surface area contributed by atoms with Crippen LogP contribution in [0.2, 0.25) is 0 Å². The zero-order valence-corrected chi connectivity index (χ0v) is 38.0. The summed E-state index contributed by atoms with van der Waals surface area (Å²) in [6.07, 6.45) is 12.0. The van der Waals surface area contributed by atoms with E-state index in [-0.39, 0.29) is 53.3 Å². The molecule has 2 aliphatic carbocycles. The summed E-state index contributed by atoms with van der Waals surface area (Å²) in [4.78, 5) is 0. The second-order valence-electron chi connectivity index (χ2n) is 13.8. The maximum Gasteiger partial charge on any atom is 0.261 e. The molecule has 0 bridgehead atoms. The zero-order valence-electron chi connectivity index (χ0n) is 32.7. The summed E-state index contributed by atoms with van der Waals surface area (Å²) in [5.74, 6) is 0. The van der Waals surface area contributed by atoms with E-state index in [1.165, 1.54) is 56.9 Å². The largest absolute Gasteiger partial charge is 0.395 e. The molecule has 0 heterocycles. The average Bonchev–Trinajstić information content (AvgIpc) is 3.96. The van der Waals surface area contributed by atoms with Gasteiger partial charge in [0.25, 0.3) is 10.1 Å². The zero-order chi connectivity index (χ0) is 38.7. The number of nitrogens with one attached hydrogen (secondary N) is 1. The summed E-state index contributed by atoms with van der Waals surface area (Å²) >= 11 is 0. The Morgan fingerprint density at radius 3 is 1.18 bits per heavy atom. The van der Waals surface area contributed by atoms with Crippen molar-refractivity contribution in [2.75, 3.05) is 18.6 Å². The van der Waals surface area contributed by atoms with Crippen molar-refractivity contribution in [1.82, 2.24) is 0 Å². The van der Waals surface area contributed by atoms with Crippen molar-refractivity contribution in [2.24, 2.45) is 0 Å². The standard InChI is InChI=1S/2C17H19P.C13H12N.CH4O3S.Fe.Pd/c2*1-3-9-15(10-4-1)18(17-13-7-8-14-17)16-11-5-2-6-12-16;1-14-13-10-6-5-9-12(13)11-7-3-2-4-8-11;1-5(2,3)4;;/h2*1-6,9-12,17H,7-8,13-14H2;2-7,9-10,14H,1H3;1H3,(H,2,3,4);;/q;;-1;;;. The van der Waals surface area contributed by atoms with E-state index in [0.717, 1.165) is 22.6 Å². The fraction of sp³-hybridized carbons (Fsp3) is 0.250. The normalized spacial score (nSPS) is 13.7. The van der Waals surface area contributed by atoms with Crippen molar-refractivity contribution >= 4 is 52.9 Å². The molecule has 6 aromatic rings. The molecule has 0 atom stereocenters.